The number of aliphatic hydroxyl groups is 1. The Hall–Kier alpha value is -1.33. The lowest BCUT2D eigenvalue weighted by molar-refractivity contribution is 0.187. The highest BCUT2D eigenvalue weighted by Crippen LogP contribution is 2.30. The second-order valence-electron chi connectivity index (χ2n) is 4.78. The zero-order valence-corrected chi connectivity index (χ0v) is 12.7. The Morgan fingerprint density at radius 3 is 2.89 bits per heavy atom. The number of nitrogens with two attached hydrogens (primary N) is 1. The van der Waals surface area contributed by atoms with E-state index in [4.69, 9.17) is 5.73 Å². The van der Waals surface area contributed by atoms with E-state index < -0.39 is 0 Å². The molecular formula is C14H18BrN3O. The zero-order chi connectivity index (χ0) is 14.0. The molecule has 4 nitrogen and oxygen atoms in total. The number of anilines is 2. The lowest BCUT2D eigenvalue weighted by Crippen LogP contribution is -2.22. The number of rotatable bonds is 4. The molecule has 1 atom stereocenters. The molecule has 0 bridgehead atoms. The molecule has 0 amide bonds. The molecule has 0 saturated carbocycles. The second-order valence-corrected chi connectivity index (χ2v) is 5.70. The lowest BCUT2D eigenvalue weighted by Gasteiger charge is -2.21. The number of halogens is 1. The van der Waals surface area contributed by atoms with Gasteiger partial charge in [0.2, 0.25) is 0 Å². The lowest BCUT2D eigenvalue weighted by atomic mass is 10.1. The molecule has 1 heterocycles. The van der Waals surface area contributed by atoms with Crippen molar-refractivity contribution in [1.82, 2.24) is 4.98 Å². The second kappa shape index (κ2) is 5.75. The van der Waals surface area contributed by atoms with E-state index in [2.05, 4.69) is 25.8 Å². The van der Waals surface area contributed by atoms with Crippen LogP contribution in [-0.4, -0.2) is 29.8 Å². The average Bonchev–Trinajstić information content (AvgIpc) is 2.37. The van der Waals surface area contributed by atoms with Gasteiger partial charge in [-0.3, -0.25) is 4.98 Å². The number of nitrogen functional groups attached to an aromatic ring is 1. The van der Waals surface area contributed by atoms with Crippen molar-refractivity contribution < 1.29 is 5.11 Å². The molecule has 2 aromatic rings. The third kappa shape index (κ3) is 3.16. The molecule has 0 saturated heterocycles. The van der Waals surface area contributed by atoms with Crippen LogP contribution in [0.2, 0.25) is 0 Å². The molecule has 0 aliphatic rings. The van der Waals surface area contributed by atoms with Crippen molar-refractivity contribution in [2.24, 2.45) is 0 Å². The fourth-order valence-electron chi connectivity index (χ4n) is 2.01. The van der Waals surface area contributed by atoms with E-state index in [1.54, 1.807) is 13.1 Å². The Kier molecular flexibility index (Phi) is 4.27. The van der Waals surface area contributed by atoms with Crippen LogP contribution in [0.5, 0.6) is 0 Å². The molecular weight excluding hydrogens is 306 g/mol. The maximum absolute atomic E-state index is 9.37. The van der Waals surface area contributed by atoms with Gasteiger partial charge >= 0.3 is 0 Å². The monoisotopic (exact) mass is 323 g/mol. The molecule has 1 aromatic heterocycles. The number of aromatic nitrogens is 1. The van der Waals surface area contributed by atoms with Gasteiger partial charge in [0.1, 0.15) is 0 Å². The van der Waals surface area contributed by atoms with Crippen LogP contribution in [0.15, 0.2) is 28.9 Å². The first-order valence-electron chi connectivity index (χ1n) is 6.22. The van der Waals surface area contributed by atoms with Crippen LogP contribution in [0.25, 0.3) is 10.9 Å². The van der Waals surface area contributed by atoms with Gasteiger partial charge in [0.05, 0.1) is 17.3 Å². The van der Waals surface area contributed by atoms with Crippen molar-refractivity contribution in [3.05, 3.63) is 28.9 Å². The van der Waals surface area contributed by atoms with Gasteiger partial charge in [-0.05, 0) is 47.5 Å². The smallest absolute Gasteiger partial charge is 0.0956 e. The van der Waals surface area contributed by atoms with E-state index >= 15 is 0 Å². The van der Waals surface area contributed by atoms with Crippen LogP contribution in [0.1, 0.15) is 13.3 Å². The number of aliphatic hydroxyl groups excluding tert-OH is 1. The fourth-order valence-corrected chi connectivity index (χ4v) is 2.34. The first-order valence-corrected chi connectivity index (χ1v) is 7.01. The van der Waals surface area contributed by atoms with Crippen LogP contribution in [-0.2, 0) is 0 Å². The summed E-state index contributed by atoms with van der Waals surface area (Å²) in [5, 5.41) is 10.3. The number of benzene rings is 1. The molecule has 0 radical (unpaired) electrons. The normalized spacial score (nSPS) is 12.6. The summed E-state index contributed by atoms with van der Waals surface area (Å²) < 4.78 is 0.912. The predicted octanol–water partition coefficient (Wildman–Crippen LogP) is 2.79. The summed E-state index contributed by atoms with van der Waals surface area (Å²) in [4.78, 5) is 6.55. The van der Waals surface area contributed by atoms with Crippen LogP contribution in [0, 0.1) is 0 Å². The summed E-state index contributed by atoms with van der Waals surface area (Å²) in [7, 11) is 2.00. The molecule has 2 rings (SSSR count). The van der Waals surface area contributed by atoms with Gasteiger partial charge < -0.3 is 15.7 Å². The molecule has 1 aromatic carbocycles. The van der Waals surface area contributed by atoms with E-state index in [9.17, 15) is 5.11 Å². The third-order valence-corrected chi connectivity index (χ3v) is 3.56. The summed E-state index contributed by atoms with van der Waals surface area (Å²) in [6.45, 7) is 2.57. The van der Waals surface area contributed by atoms with Gasteiger partial charge in [-0.25, -0.2) is 0 Å². The van der Waals surface area contributed by atoms with Gasteiger partial charge in [-0.1, -0.05) is 0 Å². The molecule has 1 unspecified atom stereocenters. The zero-order valence-electron chi connectivity index (χ0n) is 11.1. The third-order valence-electron chi connectivity index (χ3n) is 3.12. The quantitative estimate of drug-likeness (QED) is 0.849. The van der Waals surface area contributed by atoms with Gasteiger partial charge in [0, 0.05) is 35.3 Å². The molecule has 102 valence electrons. The van der Waals surface area contributed by atoms with E-state index in [0.29, 0.717) is 0 Å². The van der Waals surface area contributed by atoms with Crippen LogP contribution in [0.4, 0.5) is 11.4 Å². The summed E-state index contributed by atoms with van der Waals surface area (Å²) >= 11 is 3.41. The Morgan fingerprint density at radius 2 is 2.21 bits per heavy atom. The van der Waals surface area contributed by atoms with Gasteiger partial charge in [0.25, 0.3) is 0 Å². The maximum atomic E-state index is 9.37. The number of hydrogen-bond acceptors (Lipinski definition) is 4. The number of fused-ring (bicyclic) bond motifs is 1. The van der Waals surface area contributed by atoms with Crippen molar-refractivity contribution >= 4 is 38.2 Å². The van der Waals surface area contributed by atoms with E-state index in [0.717, 1.165) is 39.7 Å². The van der Waals surface area contributed by atoms with E-state index in [1.807, 2.05) is 25.2 Å². The van der Waals surface area contributed by atoms with Crippen molar-refractivity contribution in [3.63, 3.8) is 0 Å². The topological polar surface area (TPSA) is 62.4 Å². The number of hydrogen-bond donors (Lipinski definition) is 2. The highest BCUT2D eigenvalue weighted by molar-refractivity contribution is 9.10. The Labute approximate surface area is 121 Å². The Morgan fingerprint density at radius 1 is 1.47 bits per heavy atom. The highest BCUT2D eigenvalue weighted by Gasteiger charge is 2.10. The van der Waals surface area contributed by atoms with Crippen LogP contribution < -0.4 is 10.6 Å². The fraction of sp³-hybridized carbons (Fsp3) is 0.357. The minimum absolute atomic E-state index is 0.301. The minimum Gasteiger partial charge on any atom is -0.398 e. The molecule has 0 spiro atoms. The molecule has 0 fully saturated rings. The first-order chi connectivity index (χ1) is 8.99. The predicted molar refractivity (Wildman–Crippen MR) is 83.4 cm³/mol. The summed E-state index contributed by atoms with van der Waals surface area (Å²) in [5.74, 6) is 0. The van der Waals surface area contributed by atoms with Gasteiger partial charge in [-0.15, -0.1) is 0 Å². The average molecular weight is 324 g/mol. The summed E-state index contributed by atoms with van der Waals surface area (Å²) in [5.41, 5.74) is 8.63. The maximum Gasteiger partial charge on any atom is 0.0956 e. The molecule has 0 aliphatic heterocycles. The van der Waals surface area contributed by atoms with Crippen LogP contribution in [0.3, 0.4) is 0 Å². The van der Waals surface area contributed by atoms with Crippen molar-refractivity contribution in [2.75, 3.05) is 24.2 Å². The Bertz CT molecular complexity index is 586. The van der Waals surface area contributed by atoms with Gasteiger partial charge in [0.15, 0.2) is 0 Å². The van der Waals surface area contributed by atoms with Crippen molar-refractivity contribution in [3.8, 4) is 0 Å². The Balaban J connectivity index is 2.41. The van der Waals surface area contributed by atoms with Crippen molar-refractivity contribution in [2.45, 2.75) is 19.4 Å². The SMILES string of the molecule is CC(O)CCN(C)c1ccc(N)c2cc(Br)cnc12. The highest BCUT2D eigenvalue weighted by atomic mass is 79.9. The van der Waals surface area contributed by atoms with Crippen molar-refractivity contribution in [1.29, 1.82) is 0 Å². The standard InChI is InChI=1S/C14H18BrN3O/c1-9(19)5-6-18(2)13-4-3-12(16)11-7-10(15)8-17-14(11)13/h3-4,7-9,19H,5-6,16H2,1-2H3. The molecule has 3 N–H and O–H groups in total. The number of nitrogens with zero attached hydrogens (tertiary/aromatic N) is 2. The molecule has 5 heteroatoms. The van der Waals surface area contributed by atoms with E-state index in [-0.39, 0.29) is 6.10 Å². The summed E-state index contributed by atoms with van der Waals surface area (Å²) in [6.07, 6.45) is 2.19. The minimum atomic E-state index is -0.301. The van der Waals surface area contributed by atoms with E-state index in [1.165, 1.54) is 0 Å². The first kappa shape index (κ1) is 14.1. The van der Waals surface area contributed by atoms with Gasteiger partial charge in [-0.2, -0.15) is 0 Å². The summed E-state index contributed by atoms with van der Waals surface area (Å²) in [6, 6.07) is 5.84. The largest absolute Gasteiger partial charge is 0.398 e. The van der Waals surface area contributed by atoms with Crippen LogP contribution >= 0.6 is 15.9 Å². The molecule has 0 aliphatic carbocycles. The molecule has 19 heavy (non-hydrogen) atoms. The number of pyridine rings is 1.